The summed E-state index contributed by atoms with van der Waals surface area (Å²) >= 11 is 6.09. The van der Waals surface area contributed by atoms with E-state index in [1.807, 2.05) is 11.6 Å². The molecule has 0 bridgehead atoms. The Morgan fingerprint density at radius 1 is 1.44 bits per heavy atom. The molecule has 0 aliphatic rings. The van der Waals surface area contributed by atoms with Gasteiger partial charge in [0.05, 0.1) is 25.5 Å². The Balaban J connectivity index is 2.87. The van der Waals surface area contributed by atoms with Crippen LogP contribution in [-0.4, -0.2) is 47.8 Å². The molecule has 0 aliphatic carbocycles. The van der Waals surface area contributed by atoms with Crippen LogP contribution in [0.3, 0.4) is 0 Å². The summed E-state index contributed by atoms with van der Waals surface area (Å²) < 4.78 is 7.43. The summed E-state index contributed by atoms with van der Waals surface area (Å²) in [6.07, 6.45) is 2.71. The summed E-state index contributed by atoms with van der Waals surface area (Å²) in [7, 11) is 5.81. The van der Waals surface area contributed by atoms with E-state index >= 15 is 0 Å². The highest BCUT2D eigenvalue weighted by Gasteiger charge is 2.19. The van der Waals surface area contributed by atoms with E-state index in [4.69, 9.17) is 16.3 Å². The quantitative estimate of drug-likeness (QED) is 0.716. The number of halogens is 1. The highest BCUT2D eigenvalue weighted by Crippen LogP contribution is 2.30. The predicted octanol–water partition coefficient (Wildman–Crippen LogP) is 2.57. The van der Waals surface area contributed by atoms with Gasteiger partial charge >= 0.3 is 0 Å². The zero-order valence-electron chi connectivity index (χ0n) is 12.0. The molecule has 18 heavy (non-hydrogen) atoms. The molecule has 0 aromatic carbocycles. The molecule has 1 rings (SSSR count). The Morgan fingerprint density at radius 3 is 2.61 bits per heavy atom. The van der Waals surface area contributed by atoms with Crippen molar-refractivity contribution in [2.24, 2.45) is 0 Å². The number of hydrogen-bond donors (Lipinski definition) is 0. The highest BCUT2D eigenvalue weighted by atomic mass is 35.5. The third kappa shape index (κ3) is 4.18. The zero-order valence-corrected chi connectivity index (χ0v) is 12.7. The lowest BCUT2D eigenvalue weighted by molar-refractivity contribution is 0.360. The van der Waals surface area contributed by atoms with Gasteiger partial charge in [-0.3, -0.25) is 4.68 Å². The fourth-order valence-electron chi connectivity index (χ4n) is 2.10. The van der Waals surface area contributed by atoms with Crippen LogP contribution in [-0.2, 0) is 6.54 Å². The second kappa shape index (κ2) is 7.00. The molecule has 5 heteroatoms. The van der Waals surface area contributed by atoms with E-state index in [0.717, 1.165) is 31.0 Å². The summed E-state index contributed by atoms with van der Waals surface area (Å²) in [5, 5.41) is 4.56. The van der Waals surface area contributed by atoms with Crippen molar-refractivity contribution in [2.75, 3.05) is 27.7 Å². The largest absolute Gasteiger partial charge is 0.493 e. The SMILES string of the molecule is COc1cnn(CCN(C)C)c1C(C)CC(C)Cl. The lowest BCUT2D eigenvalue weighted by Crippen LogP contribution is -2.21. The van der Waals surface area contributed by atoms with Crippen molar-refractivity contribution in [1.82, 2.24) is 14.7 Å². The molecule has 2 unspecified atom stereocenters. The average Bonchev–Trinajstić information content (AvgIpc) is 2.68. The second-order valence-electron chi connectivity index (χ2n) is 5.04. The van der Waals surface area contributed by atoms with Crippen LogP contribution in [0.5, 0.6) is 5.75 Å². The zero-order chi connectivity index (χ0) is 13.7. The number of rotatable bonds is 7. The topological polar surface area (TPSA) is 30.3 Å². The summed E-state index contributed by atoms with van der Waals surface area (Å²) in [6, 6.07) is 0. The Morgan fingerprint density at radius 2 is 2.11 bits per heavy atom. The second-order valence-corrected chi connectivity index (χ2v) is 5.79. The van der Waals surface area contributed by atoms with Crippen LogP contribution in [0.15, 0.2) is 6.20 Å². The first-order chi connectivity index (χ1) is 8.45. The molecule has 0 aliphatic heterocycles. The molecule has 2 atom stereocenters. The van der Waals surface area contributed by atoms with Crippen LogP contribution in [0.25, 0.3) is 0 Å². The van der Waals surface area contributed by atoms with Gasteiger partial charge in [-0.1, -0.05) is 6.92 Å². The molecule has 0 saturated carbocycles. The van der Waals surface area contributed by atoms with E-state index in [-0.39, 0.29) is 5.38 Å². The number of aromatic nitrogens is 2. The van der Waals surface area contributed by atoms with Gasteiger partial charge in [0, 0.05) is 17.8 Å². The van der Waals surface area contributed by atoms with E-state index in [9.17, 15) is 0 Å². The molecule has 0 saturated heterocycles. The maximum absolute atomic E-state index is 6.09. The van der Waals surface area contributed by atoms with Gasteiger partial charge in [-0.05, 0) is 27.4 Å². The first kappa shape index (κ1) is 15.3. The fourth-order valence-corrected chi connectivity index (χ4v) is 2.37. The van der Waals surface area contributed by atoms with Gasteiger partial charge in [0.15, 0.2) is 5.75 Å². The van der Waals surface area contributed by atoms with Gasteiger partial charge in [0.1, 0.15) is 0 Å². The van der Waals surface area contributed by atoms with Crippen LogP contribution in [0.2, 0.25) is 0 Å². The predicted molar refractivity (Wildman–Crippen MR) is 75.7 cm³/mol. The van der Waals surface area contributed by atoms with Crippen molar-refractivity contribution in [3.63, 3.8) is 0 Å². The maximum Gasteiger partial charge on any atom is 0.160 e. The molecular weight excluding hydrogens is 250 g/mol. The Kier molecular flexibility index (Phi) is 5.96. The minimum absolute atomic E-state index is 0.155. The summed E-state index contributed by atoms with van der Waals surface area (Å²) in [5.41, 5.74) is 1.15. The molecule has 4 nitrogen and oxygen atoms in total. The third-order valence-corrected chi connectivity index (χ3v) is 3.15. The Hall–Kier alpha value is -0.740. The van der Waals surface area contributed by atoms with E-state index in [1.165, 1.54) is 0 Å². The number of alkyl halides is 1. The fraction of sp³-hybridized carbons (Fsp3) is 0.769. The Labute approximate surface area is 115 Å². The molecule has 0 spiro atoms. The van der Waals surface area contributed by atoms with Crippen LogP contribution in [0.4, 0.5) is 0 Å². The molecule has 1 heterocycles. The van der Waals surface area contributed by atoms with Crippen molar-refractivity contribution >= 4 is 11.6 Å². The molecule has 0 N–H and O–H groups in total. The minimum atomic E-state index is 0.155. The maximum atomic E-state index is 6.09. The van der Waals surface area contributed by atoms with Crippen molar-refractivity contribution in [1.29, 1.82) is 0 Å². The van der Waals surface area contributed by atoms with E-state index in [2.05, 4.69) is 31.0 Å². The summed E-state index contributed by atoms with van der Waals surface area (Å²) in [4.78, 5) is 2.15. The van der Waals surface area contributed by atoms with Crippen molar-refractivity contribution in [2.45, 2.75) is 38.1 Å². The number of hydrogen-bond acceptors (Lipinski definition) is 3. The van der Waals surface area contributed by atoms with Crippen molar-refractivity contribution in [3.05, 3.63) is 11.9 Å². The standard InChI is InChI=1S/C13H24ClN3O/c1-10(8-11(2)14)13-12(18-5)9-15-17(13)7-6-16(3)4/h9-11H,6-8H2,1-5H3. The van der Waals surface area contributed by atoms with Crippen LogP contribution < -0.4 is 4.74 Å². The molecule has 1 aromatic rings. The van der Waals surface area contributed by atoms with Gasteiger partial charge in [0.2, 0.25) is 0 Å². The third-order valence-electron chi connectivity index (χ3n) is 2.97. The number of likely N-dealkylation sites (N-methyl/N-ethyl adjacent to an activating group) is 1. The van der Waals surface area contributed by atoms with Crippen LogP contribution in [0, 0.1) is 0 Å². The van der Waals surface area contributed by atoms with Gasteiger partial charge < -0.3 is 9.64 Å². The van der Waals surface area contributed by atoms with Gasteiger partial charge in [-0.25, -0.2) is 0 Å². The number of methoxy groups -OCH3 is 1. The van der Waals surface area contributed by atoms with Crippen molar-refractivity contribution < 1.29 is 4.74 Å². The normalized spacial score (nSPS) is 14.8. The summed E-state index contributed by atoms with van der Waals surface area (Å²) in [6.45, 7) is 6.02. The monoisotopic (exact) mass is 273 g/mol. The molecule has 1 aromatic heterocycles. The summed E-state index contributed by atoms with van der Waals surface area (Å²) in [5.74, 6) is 1.20. The highest BCUT2D eigenvalue weighted by molar-refractivity contribution is 6.20. The lowest BCUT2D eigenvalue weighted by Gasteiger charge is -2.18. The van der Waals surface area contributed by atoms with E-state index in [0.29, 0.717) is 5.92 Å². The number of ether oxygens (including phenoxy) is 1. The van der Waals surface area contributed by atoms with E-state index in [1.54, 1.807) is 13.3 Å². The lowest BCUT2D eigenvalue weighted by atomic mass is 10.0. The van der Waals surface area contributed by atoms with Gasteiger partial charge in [-0.2, -0.15) is 5.10 Å². The minimum Gasteiger partial charge on any atom is -0.493 e. The van der Waals surface area contributed by atoms with Crippen LogP contribution in [0.1, 0.15) is 31.9 Å². The first-order valence-electron chi connectivity index (χ1n) is 6.34. The first-order valence-corrected chi connectivity index (χ1v) is 6.77. The molecular formula is C13H24ClN3O. The molecule has 0 radical (unpaired) electrons. The molecule has 0 amide bonds. The van der Waals surface area contributed by atoms with Gasteiger partial charge in [0.25, 0.3) is 0 Å². The smallest absolute Gasteiger partial charge is 0.160 e. The van der Waals surface area contributed by atoms with Crippen LogP contribution >= 0.6 is 11.6 Å². The van der Waals surface area contributed by atoms with E-state index < -0.39 is 0 Å². The van der Waals surface area contributed by atoms with Gasteiger partial charge in [-0.15, -0.1) is 11.6 Å². The molecule has 104 valence electrons. The average molecular weight is 274 g/mol. The van der Waals surface area contributed by atoms with Crippen molar-refractivity contribution in [3.8, 4) is 5.75 Å². The number of nitrogens with zero attached hydrogens (tertiary/aromatic N) is 3. The Bertz CT molecular complexity index is 363. The molecule has 0 fully saturated rings.